The van der Waals surface area contributed by atoms with Crippen LogP contribution >= 0.6 is 0 Å². The van der Waals surface area contributed by atoms with Crippen LogP contribution in [0.2, 0.25) is 0 Å². The average Bonchev–Trinajstić information content (AvgIpc) is 3.13. The van der Waals surface area contributed by atoms with Gasteiger partial charge in [0.15, 0.2) is 0 Å². The molecule has 24 heavy (non-hydrogen) atoms. The first kappa shape index (κ1) is 13.3. The third kappa shape index (κ3) is 1.56. The number of rotatable bonds is 1. The van der Waals surface area contributed by atoms with Gasteiger partial charge in [-0.05, 0) is 57.5 Å². The summed E-state index contributed by atoms with van der Waals surface area (Å²) in [6.45, 7) is 0. The number of carbonyl (C=O) groups excluding carboxylic acids is 1. The summed E-state index contributed by atoms with van der Waals surface area (Å²) >= 11 is 0. The molecule has 0 spiro atoms. The van der Waals surface area contributed by atoms with Crippen LogP contribution in [-0.4, -0.2) is 16.9 Å². The zero-order valence-electron chi connectivity index (χ0n) is 12.7. The van der Waals surface area contributed by atoms with Crippen molar-refractivity contribution in [2.45, 2.75) is 6.42 Å². The maximum absolute atomic E-state index is 12.5. The molecule has 3 aliphatic carbocycles. The number of carboxylic acids is 1. The number of fused-ring (bicyclic) bond motifs is 7. The van der Waals surface area contributed by atoms with E-state index >= 15 is 0 Å². The molecule has 0 amide bonds. The summed E-state index contributed by atoms with van der Waals surface area (Å²) < 4.78 is 0. The normalized spacial score (nSPS) is 16.5. The largest absolute Gasteiger partial charge is 0.478 e. The van der Waals surface area contributed by atoms with Gasteiger partial charge in [0.2, 0.25) is 5.78 Å². The number of ketones is 1. The Morgan fingerprint density at radius 1 is 0.917 bits per heavy atom. The topological polar surface area (TPSA) is 54.4 Å². The summed E-state index contributed by atoms with van der Waals surface area (Å²) in [7, 11) is 0. The van der Waals surface area contributed by atoms with E-state index < -0.39 is 11.8 Å². The predicted molar refractivity (Wildman–Crippen MR) is 91.4 cm³/mol. The minimum absolute atomic E-state index is 0.169. The van der Waals surface area contributed by atoms with Gasteiger partial charge in [-0.3, -0.25) is 4.79 Å². The Morgan fingerprint density at radius 2 is 1.71 bits per heavy atom. The van der Waals surface area contributed by atoms with E-state index in [1.807, 2.05) is 24.3 Å². The van der Waals surface area contributed by atoms with Crippen molar-refractivity contribution in [3.8, 4) is 11.1 Å². The highest BCUT2D eigenvalue weighted by Gasteiger charge is 2.34. The summed E-state index contributed by atoms with van der Waals surface area (Å²) in [5, 5.41) is 9.17. The minimum atomic E-state index is -1.18. The van der Waals surface area contributed by atoms with Crippen molar-refractivity contribution in [3.63, 3.8) is 0 Å². The van der Waals surface area contributed by atoms with Crippen molar-refractivity contribution in [2.75, 3.05) is 0 Å². The Hall–Kier alpha value is -3.20. The molecule has 0 saturated heterocycles. The second kappa shape index (κ2) is 4.42. The minimum Gasteiger partial charge on any atom is -0.478 e. The lowest BCUT2D eigenvalue weighted by atomic mass is 9.90. The van der Waals surface area contributed by atoms with Crippen LogP contribution in [0.4, 0.5) is 0 Å². The molecule has 0 saturated carbocycles. The molecule has 0 aromatic heterocycles. The molecule has 2 aromatic rings. The first-order valence-electron chi connectivity index (χ1n) is 7.82. The number of allylic oxidation sites excluding steroid dienone is 4. The highest BCUT2D eigenvalue weighted by atomic mass is 16.4. The van der Waals surface area contributed by atoms with Gasteiger partial charge in [-0.2, -0.15) is 0 Å². The molecule has 2 aromatic carbocycles. The monoisotopic (exact) mass is 312 g/mol. The van der Waals surface area contributed by atoms with Gasteiger partial charge in [-0.1, -0.05) is 42.5 Å². The third-order valence-electron chi connectivity index (χ3n) is 5.04. The molecular weight excluding hydrogens is 300 g/mol. The lowest BCUT2D eigenvalue weighted by Crippen LogP contribution is -2.16. The highest BCUT2D eigenvalue weighted by Crippen LogP contribution is 2.46. The molecule has 5 rings (SSSR count). The number of Topliss-reactive ketones (excluding diaryl/α,β-unsaturated/α-hetero) is 1. The Kier molecular flexibility index (Phi) is 2.44. The molecule has 3 nitrogen and oxygen atoms in total. The highest BCUT2D eigenvalue weighted by molar-refractivity contribution is 6.33. The van der Waals surface area contributed by atoms with Crippen molar-refractivity contribution in [1.82, 2.24) is 0 Å². The predicted octanol–water partition coefficient (Wildman–Crippen LogP) is 3.63. The van der Waals surface area contributed by atoms with Crippen LogP contribution in [0.5, 0.6) is 0 Å². The van der Waals surface area contributed by atoms with Crippen molar-refractivity contribution >= 4 is 23.4 Å². The second-order valence-corrected chi connectivity index (χ2v) is 6.24. The molecule has 0 aliphatic heterocycles. The fourth-order valence-corrected chi connectivity index (χ4v) is 3.93. The average molecular weight is 312 g/mol. The summed E-state index contributed by atoms with van der Waals surface area (Å²) in [5.41, 5.74) is 8.20. The van der Waals surface area contributed by atoms with E-state index in [-0.39, 0.29) is 5.57 Å². The molecule has 0 radical (unpaired) electrons. The van der Waals surface area contributed by atoms with Crippen LogP contribution in [0.25, 0.3) is 22.8 Å². The zero-order chi connectivity index (χ0) is 16.4. The smallest absolute Gasteiger partial charge is 0.339 e. The Labute approximate surface area is 138 Å². The van der Waals surface area contributed by atoms with Crippen molar-refractivity contribution in [3.05, 3.63) is 82.0 Å². The van der Waals surface area contributed by atoms with Gasteiger partial charge in [0.25, 0.3) is 0 Å². The van der Waals surface area contributed by atoms with Crippen molar-refractivity contribution in [1.29, 1.82) is 0 Å². The summed E-state index contributed by atoms with van der Waals surface area (Å²) in [5.74, 6) is -1.58. The molecule has 3 heteroatoms. The first-order valence-corrected chi connectivity index (χ1v) is 7.82. The van der Waals surface area contributed by atoms with Gasteiger partial charge in [-0.15, -0.1) is 0 Å². The van der Waals surface area contributed by atoms with Gasteiger partial charge in [0.1, 0.15) is 5.57 Å². The van der Waals surface area contributed by atoms with Gasteiger partial charge >= 0.3 is 5.97 Å². The molecule has 114 valence electrons. The molecule has 1 N–H and O–H groups in total. The lowest BCUT2D eigenvalue weighted by Gasteiger charge is -2.12. The van der Waals surface area contributed by atoms with Crippen LogP contribution in [0, 0.1) is 0 Å². The van der Waals surface area contributed by atoms with Crippen molar-refractivity contribution in [2.24, 2.45) is 0 Å². The maximum Gasteiger partial charge on any atom is 0.339 e. The van der Waals surface area contributed by atoms with Crippen LogP contribution < -0.4 is 0 Å². The Balaban J connectivity index is 1.71. The number of aliphatic carboxylic acids is 1. The summed E-state index contributed by atoms with van der Waals surface area (Å²) in [6, 6.07) is 12.5. The van der Waals surface area contributed by atoms with Gasteiger partial charge in [0.05, 0.1) is 0 Å². The number of hydrogen-bond donors (Lipinski definition) is 1. The van der Waals surface area contributed by atoms with E-state index in [2.05, 4.69) is 18.2 Å². The Bertz CT molecular complexity index is 1060. The molecule has 0 unspecified atom stereocenters. The SMILES string of the molecule is O=C(O)C1=CC=C2C(=Cc3c2ccc2c3Cc3ccccc3-2)C1=O. The maximum atomic E-state index is 12.5. The third-order valence-corrected chi connectivity index (χ3v) is 5.04. The van der Waals surface area contributed by atoms with E-state index in [9.17, 15) is 14.7 Å². The molecule has 0 fully saturated rings. The number of benzene rings is 2. The molecule has 0 bridgehead atoms. The fourth-order valence-electron chi connectivity index (χ4n) is 3.93. The Morgan fingerprint density at radius 3 is 2.54 bits per heavy atom. The molecule has 0 heterocycles. The van der Waals surface area contributed by atoms with E-state index in [0.29, 0.717) is 5.57 Å². The van der Waals surface area contributed by atoms with E-state index in [4.69, 9.17) is 0 Å². The van der Waals surface area contributed by atoms with Crippen LogP contribution in [-0.2, 0) is 16.0 Å². The number of carbonyl (C=O) groups is 2. The summed E-state index contributed by atoms with van der Waals surface area (Å²) in [6.07, 6.45) is 5.87. The van der Waals surface area contributed by atoms with Crippen molar-refractivity contribution < 1.29 is 14.7 Å². The molecule has 0 atom stereocenters. The number of carboxylic acid groups (broad SMARTS) is 1. The summed E-state index contributed by atoms with van der Waals surface area (Å²) in [4.78, 5) is 23.7. The van der Waals surface area contributed by atoms with Gasteiger partial charge < -0.3 is 5.11 Å². The number of hydrogen-bond acceptors (Lipinski definition) is 2. The standard InChI is InChI=1S/C21H12O3/c22-20-16(21(23)24)8-7-15-14-6-5-13-12-4-2-1-3-11(12)9-17(13)18(14)10-19(15)20/h1-8,10H,9H2,(H,23,24). The van der Waals surface area contributed by atoms with Crippen LogP contribution in [0.3, 0.4) is 0 Å². The van der Waals surface area contributed by atoms with Gasteiger partial charge in [-0.25, -0.2) is 4.79 Å². The van der Waals surface area contributed by atoms with E-state index in [0.717, 1.165) is 23.1 Å². The van der Waals surface area contributed by atoms with Crippen LogP contribution in [0.1, 0.15) is 22.3 Å². The molecule has 3 aliphatic rings. The second-order valence-electron chi connectivity index (χ2n) is 6.24. The zero-order valence-corrected chi connectivity index (χ0v) is 12.7. The van der Waals surface area contributed by atoms with Crippen LogP contribution in [0.15, 0.2) is 59.7 Å². The van der Waals surface area contributed by atoms with E-state index in [1.54, 1.807) is 6.08 Å². The first-order chi connectivity index (χ1) is 11.6. The van der Waals surface area contributed by atoms with E-state index in [1.165, 1.54) is 28.3 Å². The fraction of sp³-hybridized carbons (Fsp3) is 0.0476. The quantitative estimate of drug-likeness (QED) is 0.698. The molecular formula is C21H12O3. The van der Waals surface area contributed by atoms with Gasteiger partial charge in [0, 0.05) is 5.57 Å². The lowest BCUT2D eigenvalue weighted by molar-refractivity contribution is -0.134.